The first-order valence-corrected chi connectivity index (χ1v) is 7.16. The number of quaternary nitrogens is 1. The second-order valence-corrected chi connectivity index (χ2v) is 5.57. The van der Waals surface area contributed by atoms with Crippen LogP contribution in [0.4, 0.5) is 5.82 Å². The maximum atomic E-state index is 11.1. The number of rotatable bonds is 3. The quantitative estimate of drug-likeness (QED) is 0.642. The van der Waals surface area contributed by atoms with Gasteiger partial charge in [-0.2, -0.15) is 0 Å². The van der Waals surface area contributed by atoms with Crippen molar-refractivity contribution in [3.05, 3.63) is 48.2 Å². The molecule has 3 rings (SSSR count). The molecule has 2 heterocycles. The Morgan fingerprint density at radius 2 is 1.90 bits per heavy atom. The Balaban J connectivity index is 1.92. The van der Waals surface area contributed by atoms with Crippen molar-refractivity contribution in [1.29, 1.82) is 0 Å². The van der Waals surface area contributed by atoms with E-state index in [1.165, 1.54) is 0 Å². The van der Waals surface area contributed by atoms with Gasteiger partial charge in [0.2, 0.25) is 5.82 Å². The van der Waals surface area contributed by atoms with E-state index < -0.39 is 0 Å². The first kappa shape index (κ1) is 13.9. The molecule has 4 heteroatoms. The number of nitrogens with zero attached hydrogens (tertiary/aromatic N) is 2. The standard InChI is InChI=1S/C17H19N2O2/c1-19(8-10-21-11-9-19)17-7-6-14(12-18-17)16-5-3-2-4-15(16)13-20/h2-7,12-13H,8-11H2,1H3/q+1. The predicted octanol–water partition coefficient (Wildman–Crippen LogP) is 2.53. The summed E-state index contributed by atoms with van der Waals surface area (Å²) in [7, 11) is 2.18. The lowest BCUT2D eigenvalue weighted by molar-refractivity contribution is 0.0512. The van der Waals surface area contributed by atoms with Gasteiger partial charge < -0.3 is 4.74 Å². The number of ether oxygens (including phenoxy) is 1. The average molecular weight is 283 g/mol. The van der Waals surface area contributed by atoms with Gasteiger partial charge in [-0.1, -0.05) is 24.3 Å². The number of pyridine rings is 1. The average Bonchev–Trinajstić information content (AvgIpc) is 2.56. The lowest BCUT2D eigenvalue weighted by Crippen LogP contribution is -2.53. The highest BCUT2D eigenvalue weighted by Gasteiger charge is 2.29. The first-order valence-electron chi connectivity index (χ1n) is 7.16. The van der Waals surface area contributed by atoms with E-state index in [4.69, 9.17) is 4.74 Å². The normalized spacial score (nSPS) is 17.4. The molecule has 0 bridgehead atoms. The molecule has 4 nitrogen and oxygen atoms in total. The lowest BCUT2D eigenvalue weighted by Gasteiger charge is -2.35. The number of carbonyl (C=O) groups excluding carboxylic acids is 1. The molecule has 0 N–H and O–H groups in total. The molecule has 0 aliphatic carbocycles. The summed E-state index contributed by atoms with van der Waals surface area (Å²) >= 11 is 0. The van der Waals surface area contributed by atoms with Crippen LogP contribution in [0.1, 0.15) is 10.4 Å². The summed E-state index contributed by atoms with van der Waals surface area (Å²) in [6.45, 7) is 3.43. The molecule has 21 heavy (non-hydrogen) atoms. The van der Waals surface area contributed by atoms with Crippen molar-refractivity contribution in [2.45, 2.75) is 0 Å². The first-order chi connectivity index (χ1) is 10.2. The van der Waals surface area contributed by atoms with Gasteiger partial charge in [0.15, 0.2) is 6.29 Å². The number of hydrogen-bond donors (Lipinski definition) is 0. The molecule has 1 aliphatic heterocycles. The van der Waals surface area contributed by atoms with Crippen LogP contribution >= 0.6 is 0 Å². The SMILES string of the molecule is C[N+]1(c2ccc(-c3ccccc3C=O)cn2)CCOCC1. The topological polar surface area (TPSA) is 39.2 Å². The summed E-state index contributed by atoms with van der Waals surface area (Å²) in [5.74, 6) is 1.05. The third kappa shape index (κ3) is 2.73. The van der Waals surface area contributed by atoms with Crippen LogP contribution in [0.15, 0.2) is 42.6 Å². The monoisotopic (exact) mass is 283 g/mol. The van der Waals surface area contributed by atoms with Crippen LogP contribution in [0.5, 0.6) is 0 Å². The Morgan fingerprint density at radius 3 is 2.57 bits per heavy atom. The van der Waals surface area contributed by atoms with E-state index in [-0.39, 0.29) is 0 Å². The van der Waals surface area contributed by atoms with Gasteiger partial charge in [-0.15, -0.1) is 0 Å². The molecule has 1 saturated heterocycles. The van der Waals surface area contributed by atoms with Gasteiger partial charge in [-0.25, -0.2) is 4.98 Å². The van der Waals surface area contributed by atoms with Gasteiger partial charge in [0.05, 0.1) is 20.3 Å². The van der Waals surface area contributed by atoms with E-state index >= 15 is 0 Å². The minimum absolute atomic E-state index is 0.693. The third-order valence-electron chi connectivity index (χ3n) is 4.16. The fourth-order valence-electron chi connectivity index (χ4n) is 2.70. The molecule has 1 aromatic carbocycles. The zero-order chi connectivity index (χ0) is 14.7. The van der Waals surface area contributed by atoms with Crippen molar-refractivity contribution in [3.63, 3.8) is 0 Å². The van der Waals surface area contributed by atoms with E-state index in [0.29, 0.717) is 5.56 Å². The summed E-state index contributed by atoms with van der Waals surface area (Å²) in [6, 6.07) is 11.7. The minimum atomic E-state index is 0.693. The Kier molecular flexibility index (Phi) is 3.82. The highest BCUT2D eigenvalue weighted by molar-refractivity contribution is 5.87. The van der Waals surface area contributed by atoms with Crippen LogP contribution in [0.25, 0.3) is 11.1 Å². The molecule has 1 aromatic heterocycles. The smallest absolute Gasteiger partial charge is 0.227 e. The van der Waals surface area contributed by atoms with Gasteiger partial charge in [-0.05, 0) is 11.6 Å². The molecule has 1 fully saturated rings. The molecule has 2 aromatic rings. The molecular weight excluding hydrogens is 264 g/mol. The van der Waals surface area contributed by atoms with E-state index in [2.05, 4.69) is 18.1 Å². The van der Waals surface area contributed by atoms with Crippen molar-refractivity contribution in [2.24, 2.45) is 0 Å². The maximum absolute atomic E-state index is 11.1. The van der Waals surface area contributed by atoms with Gasteiger partial charge in [0.1, 0.15) is 13.1 Å². The van der Waals surface area contributed by atoms with Gasteiger partial charge in [0.25, 0.3) is 0 Å². The molecular formula is C17H19N2O2+. The zero-order valence-electron chi connectivity index (χ0n) is 12.2. The summed E-state index contributed by atoms with van der Waals surface area (Å²) < 4.78 is 6.23. The fraction of sp³-hybridized carbons (Fsp3) is 0.294. The summed E-state index contributed by atoms with van der Waals surface area (Å²) in [5, 5.41) is 0. The second-order valence-electron chi connectivity index (χ2n) is 5.57. The Labute approximate surface area is 124 Å². The molecule has 0 saturated carbocycles. The summed E-state index contributed by atoms with van der Waals surface area (Å²) in [6.07, 6.45) is 2.75. The van der Waals surface area contributed by atoms with Crippen LogP contribution in [0, 0.1) is 0 Å². The van der Waals surface area contributed by atoms with E-state index in [9.17, 15) is 4.79 Å². The summed E-state index contributed by atoms with van der Waals surface area (Å²) in [5.41, 5.74) is 2.59. The van der Waals surface area contributed by atoms with Gasteiger partial charge in [0, 0.05) is 23.4 Å². The van der Waals surface area contributed by atoms with Crippen LogP contribution in [0.3, 0.4) is 0 Å². The Hall–Kier alpha value is -2.04. The number of hydrogen-bond acceptors (Lipinski definition) is 3. The Bertz CT molecular complexity index is 631. The molecule has 108 valence electrons. The van der Waals surface area contributed by atoms with E-state index in [1.54, 1.807) is 0 Å². The van der Waals surface area contributed by atoms with Crippen molar-refractivity contribution in [1.82, 2.24) is 9.47 Å². The molecule has 0 amide bonds. The fourth-order valence-corrected chi connectivity index (χ4v) is 2.70. The largest absolute Gasteiger partial charge is 0.370 e. The van der Waals surface area contributed by atoms with Crippen molar-refractivity contribution in [3.8, 4) is 11.1 Å². The minimum Gasteiger partial charge on any atom is -0.370 e. The number of benzene rings is 1. The highest BCUT2D eigenvalue weighted by atomic mass is 16.5. The number of aldehydes is 1. The van der Waals surface area contributed by atoms with E-state index in [1.807, 2.05) is 36.5 Å². The summed E-state index contributed by atoms with van der Waals surface area (Å²) in [4.78, 5) is 15.8. The third-order valence-corrected chi connectivity index (χ3v) is 4.16. The van der Waals surface area contributed by atoms with Crippen LogP contribution in [-0.2, 0) is 4.74 Å². The molecule has 0 radical (unpaired) electrons. The second kappa shape index (κ2) is 5.76. The zero-order valence-corrected chi connectivity index (χ0v) is 12.2. The number of likely N-dealkylation sites (N-methyl/N-ethyl adjacent to an activating group) is 1. The van der Waals surface area contributed by atoms with Crippen LogP contribution in [-0.4, -0.2) is 44.6 Å². The predicted molar refractivity (Wildman–Crippen MR) is 83.3 cm³/mol. The van der Waals surface area contributed by atoms with Crippen molar-refractivity contribution < 1.29 is 9.53 Å². The molecule has 0 atom stereocenters. The van der Waals surface area contributed by atoms with E-state index in [0.717, 1.165) is 54.0 Å². The van der Waals surface area contributed by atoms with Crippen molar-refractivity contribution >= 4 is 12.1 Å². The van der Waals surface area contributed by atoms with Gasteiger partial charge >= 0.3 is 0 Å². The molecule has 1 aliphatic rings. The van der Waals surface area contributed by atoms with Crippen molar-refractivity contribution in [2.75, 3.05) is 33.4 Å². The van der Waals surface area contributed by atoms with Crippen LogP contribution < -0.4 is 4.48 Å². The number of morpholine rings is 1. The molecule has 0 unspecified atom stereocenters. The molecule has 0 spiro atoms. The number of aromatic nitrogens is 1. The van der Waals surface area contributed by atoms with Gasteiger partial charge in [-0.3, -0.25) is 9.28 Å². The lowest BCUT2D eigenvalue weighted by atomic mass is 10.0. The van der Waals surface area contributed by atoms with Crippen LogP contribution in [0.2, 0.25) is 0 Å². The highest BCUT2D eigenvalue weighted by Crippen LogP contribution is 2.26. The Morgan fingerprint density at radius 1 is 1.14 bits per heavy atom. The number of carbonyl (C=O) groups is 1. The maximum Gasteiger partial charge on any atom is 0.227 e.